The lowest BCUT2D eigenvalue weighted by Crippen LogP contribution is -2.24. The number of carbonyl (C=O) groups excluding carboxylic acids is 1. The molecular formula is C8H11N3O2. The van der Waals surface area contributed by atoms with Crippen molar-refractivity contribution in [3.8, 4) is 0 Å². The quantitative estimate of drug-likeness (QED) is 0.646. The van der Waals surface area contributed by atoms with Crippen molar-refractivity contribution >= 4 is 11.6 Å². The van der Waals surface area contributed by atoms with Gasteiger partial charge in [0.25, 0.3) is 5.56 Å². The van der Waals surface area contributed by atoms with E-state index in [1.165, 1.54) is 10.6 Å². The van der Waals surface area contributed by atoms with Crippen LogP contribution in [0.15, 0.2) is 23.1 Å². The lowest BCUT2D eigenvalue weighted by molar-refractivity contribution is -0.118. The highest BCUT2D eigenvalue weighted by Gasteiger charge is 2.00. The number of nitrogens with zero attached hydrogens (tertiary/aromatic N) is 1. The summed E-state index contributed by atoms with van der Waals surface area (Å²) in [5, 5.41) is 0. The van der Waals surface area contributed by atoms with E-state index in [1.54, 1.807) is 12.3 Å². The smallest absolute Gasteiger partial charge is 0.273 e. The van der Waals surface area contributed by atoms with Crippen molar-refractivity contribution in [2.24, 2.45) is 5.73 Å². The maximum atomic E-state index is 11.3. The van der Waals surface area contributed by atoms with Gasteiger partial charge >= 0.3 is 0 Å². The molecule has 5 heteroatoms. The molecule has 1 heterocycles. The number of carbonyl (C=O) groups is 1. The van der Waals surface area contributed by atoms with Crippen LogP contribution in [0.3, 0.4) is 0 Å². The van der Waals surface area contributed by atoms with Gasteiger partial charge in [0.05, 0.1) is 5.69 Å². The van der Waals surface area contributed by atoms with Crippen LogP contribution >= 0.6 is 0 Å². The fraction of sp³-hybridized carbons (Fsp3) is 0.250. The highest BCUT2D eigenvalue weighted by atomic mass is 16.1. The van der Waals surface area contributed by atoms with Crippen molar-refractivity contribution in [1.29, 1.82) is 0 Å². The Labute approximate surface area is 75.0 Å². The van der Waals surface area contributed by atoms with Gasteiger partial charge in [-0.25, -0.2) is 0 Å². The minimum absolute atomic E-state index is 0.142. The molecule has 0 unspecified atom stereocenters. The molecule has 13 heavy (non-hydrogen) atoms. The topological polar surface area (TPSA) is 91.1 Å². The Bertz CT molecular complexity index is 370. The van der Waals surface area contributed by atoms with Crippen LogP contribution in [0.5, 0.6) is 0 Å². The van der Waals surface area contributed by atoms with Gasteiger partial charge in [0, 0.05) is 19.2 Å². The molecule has 5 nitrogen and oxygen atoms in total. The normalized spacial score (nSPS) is 9.85. The minimum atomic E-state index is -0.436. The molecular weight excluding hydrogens is 170 g/mol. The number of aryl methyl sites for hydroxylation is 1. The predicted molar refractivity (Wildman–Crippen MR) is 48.9 cm³/mol. The number of nitrogens with two attached hydrogens (primary N) is 2. The first kappa shape index (κ1) is 9.31. The summed E-state index contributed by atoms with van der Waals surface area (Å²) in [4.78, 5) is 21.7. The van der Waals surface area contributed by atoms with Gasteiger partial charge in [-0.1, -0.05) is 0 Å². The second kappa shape index (κ2) is 3.75. The maximum Gasteiger partial charge on any atom is 0.273 e. The van der Waals surface area contributed by atoms with Crippen molar-refractivity contribution in [1.82, 2.24) is 4.57 Å². The summed E-state index contributed by atoms with van der Waals surface area (Å²) in [6, 6.07) is 3.17. The predicted octanol–water partition coefficient (Wildman–Crippen LogP) is -0.694. The van der Waals surface area contributed by atoms with Gasteiger partial charge in [0.2, 0.25) is 5.91 Å². The molecule has 0 aliphatic rings. The second-order valence-electron chi connectivity index (χ2n) is 2.68. The SMILES string of the molecule is NC(=O)CCn1cccc(N)c1=O. The molecule has 0 radical (unpaired) electrons. The number of hydrogen-bond donors (Lipinski definition) is 2. The lowest BCUT2D eigenvalue weighted by Gasteiger charge is -2.03. The van der Waals surface area contributed by atoms with Crippen LogP contribution in [0.4, 0.5) is 5.69 Å². The van der Waals surface area contributed by atoms with Crippen LogP contribution in [-0.2, 0) is 11.3 Å². The van der Waals surface area contributed by atoms with Crippen LogP contribution in [0.1, 0.15) is 6.42 Å². The monoisotopic (exact) mass is 181 g/mol. The van der Waals surface area contributed by atoms with Crippen LogP contribution in [-0.4, -0.2) is 10.5 Å². The van der Waals surface area contributed by atoms with E-state index in [0.29, 0.717) is 0 Å². The molecule has 0 bridgehead atoms. The Hall–Kier alpha value is -1.78. The zero-order valence-electron chi connectivity index (χ0n) is 7.06. The zero-order valence-corrected chi connectivity index (χ0v) is 7.06. The molecule has 70 valence electrons. The first-order chi connectivity index (χ1) is 6.11. The Morgan fingerprint density at radius 3 is 2.85 bits per heavy atom. The summed E-state index contributed by atoms with van der Waals surface area (Å²) in [5.41, 5.74) is 10.2. The Morgan fingerprint density at radius 1 is 1.54 bits per heavy atom. The largest absolute Gasteiger partial charge is 0.394 e. The number of aromatic nitrogens is 1. The Morgan fingerprint density at radius 2 is 2.23 bits per heavy atom. The summed E-state index contributed by atoms with van der Waals surface area (Å²) in [7, 11) is 0. The Balaban J connectivity index is 2.84. The van der Waals surface area contributed by atoms with Crippen LogP contribution in [0, 0.1) is 0 Å². The van der Waals surface area contributed by atoms with Crippen molar-refractivity contribution in [3.05, 3.63) is 28.7 Å². The van der Waals surface area contributed by atoms with E-state index in [9.17, 15) is 9.59 Å². The lowest BCUT2D eigenvalue weighted by atomic mass is 10.3. The summed E-state index contributed by atoms with van der Waals surface area (Å²) in [6.45, 7) is 0.277. The number of rotatable bonds is 3. The van der Waals surface area contributed by atoms with Crippen molar-refractivity contribution in [2.45, 2.75) is 13.0 Å². The molecule has 0 fully saturated rings. The van der Waals surface area contributed by atoms with Gasteiger partial charge in [-0.3, -0.25) is 9.59 Å². The van der Waals surface area contributed by atoms with Gasteiger partial charge in [-0.15, -0.1) is 0 Å². The average molecular weight is 181 g/mol. The molecule has 0 aromatic carbocycles. The molecule has 0 aliphatic carbocycles. The number of pyridine rings is 1. The van der Waals surface area contributed by atoms with Gasteiger partial charge in [0.15, 0.2) is 0 Å². The van der Waals surface area contributed by atoms with Crippen molar-refractivity contribution < 1.29 is 4.79 Å². The first-order valence-corrected chi connectivity index (χ1v) is 3.84. The van der Waals surface area contributed by atoms with E-state index in [0.717, 1.165) is 0 Å². The van der Waals surface area contributed by atoms with E-state index in [2.05, 4.69) is 0 Å². The standard InChI is InChI=1S/C8H11N3O2/c9-6-2-1-4-11(8(6)13)5-3-7(10)12/h1-2,4H,3,5,9H2,(H2,10,12). The zero-order chi connectivity index (χ0) is 9.84. The van der Waals surface area contributed by atoms with Gasteiger partial charge in [-0.05, 0) is 12.1 Å². The molecule has 0 spiro atoms. The van der Waals surface area contributed by atoms with Crippen molar-refractivity contribution in [3.63, 3.8) is 0 Å². The molecule has 0 aliphatic heterocycles. The third-order valence-corrected chi connectivity index (χ3v) is 1.65. The van der Waals surface area contributed by atoms with Gasteiger partial charge in [0.1, 0.15) is 0 Å². The van der Waals surface area contributed by atoms with Crippen LogP contribution < -0.4 is 17.0 Å². The van der Waals surface area contributed by atoms with Gasteiger partial charge < -0.3 is 16.0 Å². The summed E-state index contributed by atoms with van der Waals surface area (Å²) in [5.74, 6) is -0.436. The number of anilines is 1. The third kappa shape index (κ3) is 2.33. The minimum Gasteiger partial charge on any atom is -0.394 e. The number of amides is 1. The molecule has 0 saturated carbocycles. The first-order valence-electron chi connectivity index (χ1n) is 3.84. The van der Waals surface area contributed by atoms with E-state index in [1.807, 2.05) is 0 Å². The highest BCUT2D eigenvalue weighted by Crippen LogP contribution is 1.92. The fourth-order valence-corrected chi connectivity index (χ4v) is 0.962. The van der Waals surface area contributed by atoms with Crippen LogP contribution in [0.25, 0.3) is 0 Å². The summed E-state index contributed by atoms with van der Waals surface area (Å²) >= 11 is 0. The number of primary amides is 1. The molecule has 1 rings (SSSR count). The molecule has 1 amide bonds. The van der Waals surface area contributed by atoms with E-state index in [-0.39, 0.29) is 24.2 Å². The second-order valence-corrected chi connectivity index (χ2v) is 2.68. The number of hydrogen-bond acceptors (Lipinski definition) is 3. The molecule has 0 saturated heterocycles. The average Bonchev–Trinajstić information content (AvgIpc) is 2.07. The van der Waals surface area contributed by atoms with Crippen molar-refractivity contribution in [2.75, 3.05) is 5.73 Å². The van der Waals surface area contributed by atoms with Crippen LogP contribution in [0.2, 0.25) is 0 Å². The summed E-state index contributed by atoms with van der Waals surface area (Å²) in [6.07, 6.45) is 1.71. The third-order valence-electron chi connectivity index (χ3n) is 1.65. The van der Waals surface area contributed by atoms with Gasteiger partial charge in [-0.2, -0.15) is 0 Å². The summed E-state index contributed by atoms with van der Waals surface area (Å²) < 4.78 is 1.36. The van der Waals surface area contributed by atoms with E-state index in [4.69, 9.17) is 11.5 Å². The maximum absolute atomic E-state index is 11.3. The highest BCUT2D eigenvalue weighted by molar-refractivity contribution is 5.73. The Kier molecular flexibility index (Phi) is 2.69. The molecule has 4 N–H and O–H groups in total. The molecule has 0 atom stereocenters. The molecule has 1 aromatic heterocycles. The van der Waals surface area contributed by atoms with E-state index >= 15 is 0 Å². The molecule has 1 aromatic rings. The number of nitrogen functional groups attached to an aromatic ring is 1. The fourth-order valence-electron chi connectivity index (χ4n) is 0.962. The van der Waals surface area contributed by atoms with E-state index < -0.39 is 5.91 Å².